The Morgan fingerprint density at radius 3 is 2.83 bits per heavy atom. The summed E-state index contributed by atoms with van der Waals surface area (Å²) in [6.07, 6.45) is 2.85. The Bertz CT molecular complexity index is 739. The Balaban J connectivity index is 1.52. The summed E-state index contributed by atoms with van der Waals surface area (Å²) in [5.41, 5.74) is 2.16. The monoisotopic (exact) mass is 345 g/mol. The summed E-state index contributed by atoms with van der Waals surface area (Å²) in [5.74, 6) is 0.279. The molecule has 2 aliphatic rings. The Labute approximate surface area is 146 Å². The van der Waals surface area contributed by atoms with E-state index in [0.717, 1.165) is 61.8 Å². The second-order valence-electron chi connectivity index (χ2n) is 6.40. The smallest absolute Gasteiger partial charge is 0.236 e. The lowest BCUT2D eigenvalue weighted by atomic mass is 10.1. The highest BCUT2D eigenvalue weighted by atomic mass is 32.2. The van der Waals surface area contributed by atoms with Crippen LogP contribution in [0.25, 0.3) is 11.0 Å². The van der Waals surface area contributed by atoms with Crippen LogP contribution < -0.4 is 0 Å². The summed E-state index contributed by atoms with van der Waals surface area (Å²) >= 11 is 1.63. The number of aromatic nitrogens is 2. The molecule has 1 atom stereocenters. The molecule has 2 fully saturated rings. The molecule has 2 saturated heterocycles. The molecule has 2 aromatic rings. The zero-order chi connectivity index (χ0) is 16.5. The molecule has 5 nitrogen and oxygen atoms in total. The number of rotatable bonds is 4. The number of nitrogens with zero attached hydrogens (tertiary/aromatic N) is 3. The summed E-state index contributed by atoms with van der Waals surface area (Å²) in [6.45, 7) is 5.42. The highest BCUT2D eigenvalue weighted by molar-refractivity contribution is 8.00. The summed E-state index contributed by atoms with van der Waals surface area (Å²) < 4.78 is 7.64. The van der Waals surface area contributed by atoms with Gasteiger partial charge >= 0.3 is 0 Å². The van der Waals surface area contributed by atoms with E-state index >= 15 is 0 Å². The first-order chi connectivity index (χ1) is 11.8. The molecule has 0 radical (unpaired) electrons. The van der Waals surface area contributed by atoms with Crippen LogP contribution in [0.4, 0.5) is 0 Å². The SMILES string of the molecule is CCn1c(S[C@H]2CCN(C3CCOCC3)C2=O)nc2ccccc21. The van der Waals surface area contributed by atoms with Crippen LogP contribution in [0.1, 0.15) is 26.2 Å². The van der Waals surface area contributed by atoms with Crippen molar-refractivity contribution in [2.75, 3.05) is 19.8 Å². The predicted octanol–water partition coefficient (Wildman–Crippen LogP) is 2.93. The van der Waals surface area contributed by atoms with Crippen molar-refractivity contribution in [2.24, 2.45) is 0 Å². The number of amides is 1. The summed E-state index contributed by atoms with van der Waals surface area (Å²) in [7, 11) is 0. The number of hydrogen-bond acceptors (Lipinski definition) is 4. The highest BCUT2D eigenvalue weighted by Crippen LogP contribution is 2.34. The number of likely N-dealkylation sites (tertiary alicyclic amines) is 1. The molecule has 0 unspecified atom stereocenters. The zero-order valence-electron chi connectivity index (χ0n) is 14.0. The maximum absolute atomic E-state index is 12.9. The van der Waals surface area contributed by atoms with Crippen LogP contribution >= 0.6 is 11.8 Å². The number of hydrogen-bond donors (Lipinski definition) is 0. The number of para-hydroxylation sites is 2. The molecule has 4 rings (SSSR count). The lowest BCUT2D eigenvalue weighted by Gasteiger charge is -2.31. The second-order valence-corrected chi connectivity index (χ2v) is 7.57. The standard InChI is InChI=1S/C18H23N3O2S/c1-2-20-15-6-4-3-5-14(15)19-18(20)24-16-7-10-21(17(16)22)13-8-11-23-12-9-13/h3-6,13,16H,2,7-12H2,1H3/t16-/m0/s1. The Morgan fingerprint density at radius 1 is 1.25 bits per heavy atom. The van der Waals surface area contributed by atoms with Crippen LogP contribution in [0, 0.1) is 0 Å². The minimum absolute atomic E-state index is 0.00467. The molecule has 128 valence electrons. The summed E-state index contributed by atoms with van der Waals surface area (Å²) in [6, 6.07) is 8.55. The molecule has 0 N–H and O–H groups in total. The van der Waals surface area contributed by atoms with E-state index in [0.29, 0.717) is 6.04 Å². The van der Waals surface area contributed by atoms with Gasteiger partial charge in [-0.3, -0.25) is 4.79 Å². The van der Waals surface area contributed by atoms with E-state index in [2.05, 4.69) is 22.5 Å². The average molecular weight is 345 g/mol. The predicted molar refractivity (Wildman–Crippen MR) is 95.2 cm³/mol. The fraction of sp³-hybridized carbons (Fsp3) is 0.556. The maximum Gasteiger partial charge on any atom is 0.236 e. The van der Waals surface area contributed by atoms with E-state index in [-0.39, 0.29) is 11.2 Å². The van der Waals surface area contributed by atoms with Gasteiger partial charge in [-0.15, -0.1) is 0 Å². The van der Waals surface area contributed by atoms with Gasteiger partial charge in [-0.05, 0) is 38.3 Å². The molecule has 1 aromatic heterocycles. The first kappa shape index (κ1) is 16.0. The molecule has 0 saturated carbocycles. The Kier molecular flexibility index (Phi) is 4.50. The van der Waals surface area contributed by atoms with Gasteiger partial charge in [0.2, 0.25) is 5.91 Å². The van der Waals surface area contributed by atoms with E-state index in [1.54, 1.807) is 11.8 Å². The van der Waals surface area contributed by atoms with Crippen molar-refractivity contribution < 1.29 is 9.53 Å². The number of aryl methyl sites for hydroxylation is 1. The molecule has 3 heterocycles. The zero-order valence-corrected chi connectivity index (χ0v) is 14.8. The quantitative estimate of drug-likeness (QED) is 0.855. The van der Waals surface area contributed by atoms with Crippen molar-refractivity contribution in [3.8, 4) is 0 Å². The number of benzene rings is 1. The van der Waals surface area contributed by atoms with Gasteiger partial charge < -0.3 is 14.2 Å². The van der Waals surface area contributed by atoms with Crippen molar-refractivity contribution in [2.45, 2.75) is 49.2 Å². The first-order valence-electron chi connectivity index (χ1n) is 8.78. The molecule has 2 aliphatic heterocycles. The summed E-state index contributed by atoms with van der Waals surface area (Å²) in [4.78, 5) is 19.7. The average Bonchev–Trinajstić information content (AvgIpc) is 3.16. The number of fused-ring (bicyclic) bond motifs is 1. The Morgan fingerprint density at radius 2 is 2.04 bits per heavy atom. The lowest BCUT2D eigenvalue weighted by Crippen LogP contribution is -2.41. The normalized spacial score (nSPS) is 22.6. The van der Waals surface area contributed by atoms with Gasteiger partial charge in [0, 0.05) is 32.3 Å². The summed E-state index contributed by atoms with van der Waals surface area (Å²) in [5, 5.41) is 0.959. The number of ether oxygens (including phenoxy) is 1. The third kappa shape index (κ3) is 2.82. The van der Waals surface area contributed by atoms with Crippen LogP contribution in [0.5, 0.6) is 0 Å². The van der Waals surface area contributed by atoms with Crippen molar-refractivity contribution in [1.29, 1.82) is 0 Å². The fourth-order valence-electron chi connectivity index (χ4n) is 3.72. The first-order valence-corrected chi connectivity index (χ1v) is 9.66. The van der Waals surface area contributed by atoms with Crippen LogP contribution in [0.2, 0.25) is 0 Å². The van der Waals surface area contributed by atoms with Gasteiger partial charge in [0.1, 0.15) is 0 Å². The van der Waals surface area contributed by atoms with Crippen LogP contribution in [-0.4, -0.2) is 51.4 Å². The van der Waals surface area contributed by atoms with Crippen molar-refractivity contribution in [1.82, 2.24) is 14.5 Å². The molecule has 1 amide bonds. The number of thioether (sulfide) groups is 1. The van der Waals surface area contributed by atoms with Gasteiger partial charge in [-0.2, -0.15) is 0 Å². The molecule has 1 aromatic carbocycles. The van der Waals surface area contributed by atoms with E-state index in [1.807, 2.05) is 18.2 Å². The molecular formula is C18H23N3O2S. The van der Waals surface area contributed by atoms with E-state index in [1.165, 1.54) is 0 Å². The molecule has 0 aliphatic carbocycles. The molecule has 6 heteroatoms. The lowest BCUT2D eigenvalue weighted by molar-refractivity contribution is -0.130. The van der Waals surface area contributed by atoms with Gasteiger partial charge in [0.05, 0.1) is 16.3 Å². The topological polar surface area (TPSA) is 47.4 Å². The number of carbonyl (C=O) groups excluding carboxylic acids is 1. The van der Waals surface area contributed by atoms with Gasteiger partial charge in [0.25, 0.3) is 0 Å². The van der Waals surface area contributed by atoms with Crippen LogP contribution in [0.15, 0.2) is 29.4 Å². The molecular weight excluding hydrogens is 322 g/mol. The molecule has 24 heavy (non-hydrogen) atoms. The highest BCUT2D eigenvalue weighted by Gasteiger charge is 2.37. The minimum atomic E-state index is -0.00467. The second kappa shape index (κ2) is 6.76. The third-order valence-corrected chi connectivity index (χ3v) is 6.25. The molecule has 0 spiro atoms. The van der Waals surface area contributed by atoms with Crippen molar-refractivity contribution in [3.05, 3.63) is 24.3 Å². The maximum atomic E-state index is 12.9. The fourth-order valence-corrected chi connectivity index (χ4v) is 4.94. The molecule has 0 bridgehead atoms. The van der Waals surface area contributed by atoms with Gasteiger partial charge in [0.15, 0.2) is 5.16 Å². The minimum Gasteiger partial charge on any atom is -0.381 e. The van der Waals surface area contributed by atoms with Gasteiger partial charge in [-0.1, -0.05) is 23.9 Å². The van der Waals surface area contributed by atoms with E-state index < -0.39 is 0 Å². The number of imidazole rings is 1. The van der Waals surface area contributed by atoms with Crippen LogP contribution in [-0.2, 0) is 16.1 Å². The van der Waals surface area contributed by atoms with E-state index in [9.17, 15) is 4.79 Å². The largest absolute Gasteiger partial charge is 0.381 e. The number of carbonyl (C=O) groups is 1. The third-order valence-electron chi connectivity index (χ3n) is 5.01. The van der Waals surface area contributed by atoms with Gasteiger partial charge in [-0.25, -0.2) is 4.98 Å². The van der Waals surface area contributed by atoms with Crippen LogP contribution in [0.3, 0.4) is 0 Å². The van der Waals surface area contributed by atoms with Crippen molar-refractivity contribution in [3.63, 3.8) is 0 Å². The van der Waals surface area contributed by atoms with Crippen molar-refractivity contribution >= 4 is 28.7 Å². The Hall–Kier alpha value is -1.53. The van der Waals surface area contributed by atoms with E-state index in [4.69, 9.17) is 9.72 Å².